The molecule has 4 fully saturated rings. The van der Waals surface area contributed by atoms with Gasteiger partial charge in [0.05, 0.1) is 25.2 Å². The lowest BCUT2D eigenvalue weighted by Gasteiger charge is -2.68. The van der Waals surface area contributed by atoms with Crippen LogP contribution in [0.1, 0.15) is 79.1 Å². The first-order valence-electron chi connectivity index (χ1n) is 13.7. The van der Waals surface area contributed by atoms with Gasteiger partial charge in [-0.15, -0.1) is 0 Å². The average molecular weight is 493 g/mol. The van der Waals surface area contributed by atoms with E-state index in [9.17, 15) is 5.11 Å². The van der Waals surface area contributed by atoms with Gasteiger partial charge in [-0.3, -0.25) is 0 Å². The summed E-state index contributed by atoms with van der Waals surface area (Å²) in [6, 6.07) is 0. The monoisotopic (exact) mass is 492 g/mol. The molecule has 1 unspecified atom stereocenters. The zero-order valence-corrected chi connectivity index (χ0v) is 23.6. The average Bonchev–Trinajstić information content (AvgIpc) is 3.31. The van der Waals surface area contributed by atoms with Crippen molar-refractivity contribution in [2.75, 3.05) is 20.3 Å². The van der Waals surface area contributed by atoms with Gasteiger partial charge in [0.2, 0.25) is 5.79 Å². The van der Waals surface area contributed by atoms with E-state index in [1.807, 2.05) is 0 Å². The largest absolute Gasteiger partial charge is 0.403 e. The van der Waals surface area contributed by atoms with Gasteiger partial charge in [-0.05, 0) is 56.2 Å². The highest BCUT2D eigenvalue weighted by Gasteiger charge is 2.78. The summed E-state index contributed by atoms with van der Waals surface area (Å²) in [5.41, 5.74) is -0.524. The molecule has 0 aromatic heterocycles. The summed E-state index contributed by atoms with van der Waals surface area (Å²) in [5, 5.41) is 11.3. The minimum absolute atomic E-state index is 0.0552. The van der Waals surface area contributed by atoms with Crippen molar-refractivity contribution in [1.29, 1.82) is 0 Å². The van der Waals surface area contributed by atoms with E-state index < -0.39 is 25.8 Å². The van der Waals surface area contributed by atoms with Gasteiger partial charge in [0.25, 0.3) is 0 Å². The van der Waals surface area contributed by atoms with Crippen molar-refractivity contribution < 1.29 is 23.7 Å². The third-order valence-electron chi connectivity index (χ3n) is 9.88. The molecule has 1 spiro atoms. The number of aliphatic hydroxyl groups is 1. The van der Waals surface area contributed by atoms with Gasteiger partial charge < -0.3 is 23.7 Å². The normalized spacial score (nSPS) is 36.9. The molecule has 0 radical (unpaired) electrons. The number of hydrogen-bond acceptors (Lipinski definition) is 5. The van der Waals surface area contributed by atoms with Crippen LogP contribution < -0.4 is 0 Å². The lowest BCUT2D eigenvalue weighted by Crippen LogP contribution is -2.80. The second-order valence-electron chi connectivity index (χ2n) is 12.6. The lowest BCUT2D eigenvalue weighted by atomic mass is 9.46. The van der Waals surface area contributed by atoms with Crippen molar-refractivity contribution in [3.63, 3.8) is 0 Å². The second kappa shape index (κ2) is 9.80. The van der Waals surface area contributed by atoms with Crippen molar-refractivity contribution in [3.05, 3.63) is 0 Å². The molecule has 1 aliphatic heterocycles. The van der Waals surface area contributed by atoms with E-state index in [0.29, 0.717) is 25.6 Å². The maximum atomic E-state index is 11.2. The van der Waals surface area contributed by atoms with Crippen LogP contribution >= 0.6 is 0 Å². The van der Waals surface area contributed by atoms with Gasteiger partial charge in [-0.25, -0.2) is 0 Å². The molecule has 34 heavy (non-hydrogen) atoms. The third kappa shape index (κ3) is 4.23. The van der Waals surface area contributed by atoms with E-state index in [-0.39, 0.29) is 28.9 Å². The standard InChI is InChI=1S/C28H48O5Si/c1-8-22-25-21(23(29)16-17-27(25,30-5)28(22)31-18-19-32-28)14-15-24(20-12-10-9-11-13-20)33-34(6,7)26(2,3)4/h20-25,29H,8-13,16-19H2,1-7H3/t21-,22?,23+,24-,25-,27+/m1/s1. The summed E-state index contributed by atoms with van der Waals surface area (Å²) >= 11 is 0. The zero-order valence-electron chi connectivity index (χ0n) is 22.6. The fraction of sp³-hybridized carbons (Fsp3) is 0.929. The molecule has 0 aromatic rings. The third-order valence-corrected chi connectivity index (χ3v) is 14.3. The zero-order chi connectivity index (χ0) is 24.8. The first kappa shape index (κ1) is 26.6. The van der Waals surface area contributed by atoms with Crippen molar-refractivity contribution in [2.45, 2.75) is 121 Å². The molecule has 194 valence electrons. The molecule has 4 aliphatic rings. The highest BCUT2D eigenvalue weighted by molar-refractivity contribution is 6.74. The fourth-order valence-corrected chi connectivity index (χ4v) is 8.24. The Labute approximate surface area is 208 Å². The first-order chi connectivity index (χ1) is 16.0. The van der Waals surface area contributed by atoms with E-state index in [1.54, 1.807) is 7.11 Å². The lowest BCUT2D eigenvalue weighted by molar-refractivity contribution is -0.416. The minimum Gasteiger partial charge on any atom is -0.403 e. The Kier molecular flexibility index (Phi) is 7.68. The van der Waals surface area contributed by atoms with E-state index in [0.717, 1.165) is 12.8 Å². The molecule has 5 nitrogen and oxygen atoms in total. The van der Waals surface area contributed by atoms with Crippen LogP contribution in [0.2, 0.25) is 18.1 Å². The summed E-state index contributed by atoms with van der Waals surface area (Å²) in [6.45, 7) is 14.9. The van der Waals surface area contributed by atoms with Crippen molar-refractivity contribution >= 4 is 8.32 Å². The van der Waals surface area contributed by atoms with Gasteiger partial charge in [0, 0.05) is 18.9 Å². The van der Waals surface area contributed by atoms with Crippen LogP contribution in [0.4, 0.5) is 0 Å². The van der Waals surface area contributed by atoms with Crippen molar-refractivity contribution in [2.24, 2.45) is 23.7 Å². The summed E-state index contributed by atoms with van der Waals surface area (Å²) in [4.78, 5) is 0. The molecule has 0 bridgehead atoms. The predicted octanol–water partition coefficient (Wildman–Crippen LogP) is 5.52. The van der Waals surface area contributed by atoms with Crippen LogP contribution in [-0.2, 0) is 18.6 Å². The molecule has 0 aromatic carbocycles. The van der Waals surface area contributed by atoms with Gasteiger partial charge >= 0.3 is 0 Å². The highest BCUT2D eigenvalue weighted by atomic mass is 28.4. The van der Waals surface area contributed by atoms with Crippen LogP contribution in [0.25, 0.3) is 0 Å². The van der Waals surface area contributed by atoms with Gasteiger partial charge in [0.1, 0.15) is 11.7 Å². The Bertz CT molecular complexity index is 768. The maximum Gasteiger partial charge on any atom is 0.201 e. The number of rotatable bonds is 5. The van der Waals surface area contributed by atoms with Crippen LogP contribution in [-0.4, -0.2) is 57.3 Å². The number of aliphatic hydroxyl groups excluding tert-OH is 1. The van der Waals surface area contributed by atoms with E-state index in [1.165, 1.54) is 32.1 Å². The molecular weight excluding hydrogens is 444 g/mol. The summed E-state index contributed by atoms with van der Waals surface area (Å²) < 4.78 is 25.7. The molecule has 1 N–H and O–H groups in total. The fourth-order valence-electron chi connectivity index (χ4n) is 7.00. The van der Waals surface area contributed by atoms with Crippen LogP contribution in [0.15, 0.2) is 0 Å². The van der Waals surface area contributed by atoms with Crippen LogP contribution in [0, 0.1) is 35.5 Å². The van der Waals surface area contributed by atoms with E-state index in [2.05, 4.69) is 52.6 Å². The van der Waals surface area contributed by atoms with E-state index >= 15 is 0 Å². The van der Waals surface area contributed by atoms with Gasteiger partial charge in [-0.2, -0.15) is 0 Å². The summed E-state index contributed by atoms with van der Waals surface area (Å²) in [6.07, 6.45) is 8.05. The molecule has 6 heteroatoms. The Morgan fingerprint density at radius 2 is 1.74 bits per heavy atom. The quantitative estimate of drug-likeness (QED) is 0.405. The van der Waals surface area contributed by atoms with Crippen LogP contribution in [0.5, 0.6) is 0 Å². The molecule has 0 amide bonds. The first-order valence-corrected chi connectivity index (χ1v) is 16.6. The van der Waals surface area contributed by atoms with Crippen molar-refractivity contribution in [3.8, 4) is 11.8 Å². The number of ether oxygens (including phenoxy) is 3. The minimum atomic E-state index is -1.97. The van der Waals surface area contributed by atoms with Crippen molar-refractivity contribution in [1.82, 2.24) is 0 Å². The maximum absolute atomic E-state index is 11.2. The molecule has 1 heterocycles. The number of hydrogen-bond donors (Lipinski definition) is 1. The molecule has 1 saturated heterocycles. The molecular formula is C28H48O5Si. The second-order valence-corrected chi connectivity index (χ2v) is 17.4. The SMILES string of the molecule is CCC1[C@H]2[C@H](C#C[C@@H](O[Si](C)(C)C(C)(C)C)C3CCCCC3)[C@@H](O)CC[C@@]2(OC)C12OCCO2. The van der Waals surface area contributed by atoms with Gasteiger partial charge in [-0.1, -0.05) is 58.8 Å². The highest BCUT2D eigenvalue weighted by Crippen LogP contribution is 2.66. The van der Waals surface area contributed by atoms with Gasteiger partial charge in [0.15, 0.2) is 8.32 Å². The molecule has 3 aliphatic carbocycles. The smallest absolute Gasteiger partial charge is 0.201 e. The Morgan fingerprint density at radius 1 is 1.09 bits per heavy atom. The molecule has 3 saturated carbocycles. The summed E-state index contributed by atoms with van der Waals surface area (Å²) in [7, 11) is -0.193. The summed E-state index contributed by atoms with van der Waals surface area (Å²) in [5.74, 6) is 7.19. The Hall–Kier alpha value is -0.423. The van der Waals surface area contributed by atoms with E-state index in [4.69, 9.17) is 18.6 Å². The Balaban J connectivity index is 1.64. The molecule has 4 rings (SSSR count). The van der Waals surface area contributed by atoms with Crippen LogP contribution in [0.3, 0.4) is 0 Å². The topological polar surface area (TPSA) is 57.2 Å². The number of fused-ring (bicyclic) bond motifs is 2. The molecule has 6 atom stereocenters. The Morgan fingerprint density at radius 3 is 2.29 bits per heavy atom. The number of methoxy groups -OCH3 is 1. The predicted molar refractivity (Wildman–Crippen MR) is 137 cm³/mol.